The topological polar surface area (TPSA) is 72.8 Å². The Morgan fingerprint density at radius 1 is 1.12 bits per heavy atom. The number of carbonyl (C=O) groups excluding carboxylic acids is 1. The minimum atomic E-state index is -1.09. The molecule has 5 nitrogen and oxygen atoms in total. The Hall–Kier alpha value is -2.82. The van der Waals surface area contributed by atoms with Gasteiger partial charge in [0.2, 0.25) is 0 Å². The first-order chi connectivity index (χ1) is 11.5. The van der Waals surface area contributed by atoms with E-state index < -0.39 is 11.9 Å². The molecule has 0 amide bonds. The second-order valence-corrected chi connectivity index (χ2v) is 5.36. The minimum absolute atomic E-state index is 0.0279. The van der Waals surface area contributed by atoms with Crippen molar-refractivity contribution in [1.29, 1.82) is 0 Å². The molecule has 0 saturated heterocycles. The first-order valence-corrected chi connectivity index (χ1v) is 7.70. The Labute approximate surface area is 140 Å². The largest absolute Gasteiger partial charge is 0.488 e. The normalized spacial score (nSPS) is 10.2. The predicted molar refractivity (Wildman–Crippen MR) is 89.2 cm³/mol. The average molecular weight is 328 g/mol. The number of carboxylic acids is 1. The molecule has 0 unspecified atom stereocenters. The van der Waals surface area contributed by atoms with Crippen LogP contribution in [0.2, 0.25) is 0 Å². The molecule has 5 heteroatoms. The summed E-state index contributed by atoms with van der Waals surface area (Å²) in [6, 6.07) is 12.7. The number of hydrogen-bond acceptors (Lipinski definition) is 4. The van der Waals surface area contributed by atoms with Crippen LogP contribution in [-0.2, 0) is 22.6 Å². The smallest absolute Gasteiger partial charge is 0.339 e. The van der Waals surface area contributed by atoms with Gasteiger partial charge >= 0.3 is 11.9 Å². The summed E-state index contributed by atoms with van der Waals surface area (Å²) in [5.74, 6) is -1.29. The number of carboxylic acid groups (broad SMARTS) is 1. The number of aryl methyl sites for hydroxylation is 1. The zero-order valence-corrected chi connectivity index (χ0v) is 13.7. The van der Waals surface area contributed by atoms with Gasteiger partial charge in [-0.25, -0.2) is 4.79 Å². The second kappa shape index (κ2) is 8.15. The van der Waals surface area contributed by atoms with Crippen LogP contribution in [-0.4, -0.2) is 23.7 Å². The van der Waals surface area contributed by atoms with Crippen LogP contribution in [0, 0.1) is 6.92 Å². The highest BCUT2D eigenvalue weighted by Crippen LogP contribution is 2.28. The van der Waals surface area contributed by atoms with E-state index in [0.29, 0.717) is 5.56 Å². The molecule has 1 N–H and O–H groups in total. The molecule has 0 aliphatic rings. The highest BCUT2D eigenvalue weighted by atomic mass is 16.5. The monoisotopic (exact) mass is 328 g/mol. The summed E-state index contributed by atoms with van der Waals surface area (Å²) in [6.45, 7) is 4.00. The van der Waals surface area contributed by atoms with Gasteiger partial charge in [0.25, 0.3) is 0 Å². The Balaban J connectivity index is 2.33. The molecule has 2 aromatic carbocycles. The van der Waals surface area contributed by atoms with Crippen LogP contribution < -0.4 is 4.74 Å². The lowest BCUT2D eigenvalue weighted by atomic mass is 10.0. The van der Waals surface area contributed by atoms with Crippen molar-refractivity contribution in [2.75, 3.05) is 6.61 Å². The number of rotatable bonds is 7. The van der Waals surface area contributed by atoms with E-state index in [-0.39, 0.29) is 30.9 Å². The predicted octanol–water partition coefficient (Wildman–Crippen LogP) is 3.38. The Morgan fingerprint density at radius 2 is 1.83 bits per heavy atom. The highest BCUT2D eigenvalue weighted by molar-refractivity contribution is 5.92. The maximum absolute atomic E-state index is 11.8. The molecule has 0 spiro atoms. The Morgan fingerprint density at radius 3 is 2.46 bits per heavy atom. The third-order valence-corrected chi connectivity index (χ3v) is 3.41. The molecule has 2 rings (SSSR count). The fourth-order valence-electron chi connectivity index (χ4n) is 2.41. The minimum Gasteiger partial charge on any atom is -0.488 e. The van der Waals surface area contributed by atoms with Crippen LogP contribution >= 0.6 is 0 Å². The quantitative estimate of drug-likeness (QED) is 0.789. The molecule has 0 atom stereocenters. The summed E-state index contributed by atoms with van der Waals surface area (Å²) in [6.07, 6.45) is -0.0279. The van der Waals surface area contributed by atoms with Crippen LogP contribution in [0.25, 0.3) is 0 Å². The van der Waals surface area contributed by atoms with Crippen LogP contribution in [0.15, 0.2) is 42.5 Å². The van der Waals surface area contributed by atoms with Gasteiger partial charge in [-0.1, -0.05) is 36.4 Å². The molecule has 0 aromatic heterocycles. The number of aromatic carboxylic acids is 1. The van der Waals surface area contributed by atoms with E-state index in [0.717, 1.165) is 11.1 Å². The molecule has 126 valence electrons. The third-order valence-electron chi connectivity index (χ3n) is 3.41. The number of benzene rings is 2. The van der Waals surface area contributed by atoms with Crippen LogP contribution in [0.1, 0.15) is 34.0 Å². The maximum Gasteiger partial charge on any atom is 0.339 e. The molecular formula is C19H20O5. The molecule has 0 aliphatic carbocycles. The maximum atomic E-state index is 11.8. The van der Waals surface area contributed by atoms with Gasteiger partial charge in [0.05, 0.1) is 13.0 Å². The van der Waals surface area contributed by atoms with E-state index in [4.69, 9.17) is 9.47 Å². The van der Waals surface area contributed by atoms with Gasteiger partial charge in [0, 0.05) is 5.56 Å². The van der Waals surface area contributed by atoms with Crippen LogP contribution in [0.4, 0.5) is 0 Å². The zero-order chi connectivity index (χ0) is 17.5. The fraction of sp³-hybridized carbons (Fsp3) is 0.263. The number of carbonyl (C=O) groups is 2. The van der Waals surface area contributed by atoms with Gasteiger partial charge in [-0.2, -0.15) is 0 Å². The number of ether oxygens (including phenoxy) is 2. The standard InChI is InChI=1S/C19H20O5/c1-3-23-17(20)11-15-9-13(2)10-16(19(21)22)18(15)24-12-14-7-5-4-6-8-14/h4-10H,3,11-12H2,1-2H3,(H,21,22). The van der Waals surface area contributed by atoms with E-state index in [1.54, 1.807) is 19.9 Å². The van der Waals surface area contributed by atoms with E-state index >= 15 is 0 Å². The molecule has 0 saturated carbocycles. The van der Waals surface area contributed by atoms with Gasteiger partial charge in [-0.15, -0.1) is 0 Å². The second-order valence-electron chi connectivity index (χ2n) is 5.36. The van der Waals surface area contributed by atoms with Crippen molar-refractivity contribution in [2.24, 2.45) is 0 Å². The first kappa shape index (κ1) is 17.5. The van der Waals surface area contributed by atoms with Crippen molar-refractivity contribution in [2.45, 2.75) is 26.9 Å². The van der Waals surface area contributed by atoms with E-state index in [1.807, 2.05) is 30.3 Å². The lowest BCUT2D eigenvalue weighted by Crippen LogP contribution is -2.12. The summed E-state index contributed by atoms with van der Waals surface area (Å²) in [4.78, 5) is 23.4. The zero-order valence-electron chi connectivity index (χ0n) is 13.7. The third kappa shape index (κ3) is 4.59. The molecule has 0 fully saturated rings. The lowest BCUT2D eigenvalue weighted by Gasteiger charge is -2.15. The number of hydrogen-bond donors (Lipinski definition) is 1. The summed E-state index contributed by atoms with van der Waals surface area (Å²) in [5, 5.41) is 9.45. The van der Waals surface area contributed by atoms with E-state index in [2.05, 4.69) is 0 Å². The lowest BCUT2D eigenvalue weighted by molar-refractivity contribution is -0.142. The summed E-state index contributed by atoms with van der Waals surface area (Å²) < 4.78 is 10.7. The van der Waals surface area contributed by atoms with Crippen molar-refractivity contribution >= 4 is 11.9 Å². The van der Waals surface area contributed by atoms with Gasteiger partial charge < -0.3 is 14.6 Å². The van der Waals surface area contributed by atoms with Crippen LogP contribution in [0.5, 0.6) is 5.75 Å². The Kier molecular flexibility index (Phi) is 5.95. The SMILES string of the molecule is CCOC(=O)Cc1cc(C)cc(C(=O)O)c1OCc1ccccc1. The van der Waals surface area contributed by atoms with E-state index in [9.17, 15) is 14.7 Å². The molecule has 0 bridgehead atoms. The fourth-order valence-corrected chi connectivity index (χ4v) is 2.41. The molecule has 2 aromatic rings. The molecule has 24 heavy (non-hydrogen) atoms. The summed E-state index contributed by atoms with van der Waals surface area (Å²) >= 11 is 0. The van der Waals surface area contributed by atoms with Gasteiger partial charge in [0.1, 0.15) is 17.9 Å². The molecule has 0 aliphatic heterocycles. The Bertz CT molecular complexity index is 722. The first-order valence-electron chi connectivity index (χ1n) is 7.70. The summed E-state index contributed by atoms with van der Waals surface area (Å²) in [5.41, 5.74) is 2.22. The molecule has 0 heterocycles. The highest BCUT2D eigenvalue weighted by Gasteiger charge is 2.19. The molecular weight excluding hydrogens is 308 g/mol. The van der Waals surface area contributed by atoms with Crippen molar-refractivity contribution in [3.05, 3.63) is 64.7 Å². The van der Waals surface area contributed by atoms with E-state index in [1.165, 1.54) is 6.07 Å². The van der Waals surface area contributed by atoms with Gasteiger partial charge in [-0.3, -0.25) is 4.79 Å². The molecule has 0 radical (unpaired) electrons. The van der Waals surface area contributed by atoms with Gasteiger partial charge in [-0.05, 0) is 31.0 Å². The van der Waals surface area contributed by atoms with Crippen molar-refractivity contribution < 1.29 is 24.2 Å². The summed E-state index contributed by atoms with van der Waals surface area (Å²) in [7, 11) is 0. The van der Waals surface area contributed by atoms with Crippen molar-refractivity contribution in [1.82, 2.24) is 0 Å². The van der Waals surface area contributed by atoms with Gasteiger partial charge in [0.15, 0.2) is 0 Å². The van der Waals surface area contributed by atoms with Crippen molar-refractivity contribution in [3.8, 4) is 5.75 Å². The number of esters is 1. The average Bonchev–Trinajstić information content (AvgIpc) is 2.54. The van der Waals surface area contributed by atoms with Crippen molar-refractivity contribution in [3.63, 3.8) is 0 Å². The van der Waals surface area contributed by atoms with Crippen LogP contribution in [0.3, 0.4) is 0 Å².